The largest absolute Gasteiger partial charge is 0.486 e. The van der Waals surface area contributed by atoms with Gasteiger partial charge in [-0.05, 0) is 24.7 Å². The van der Waals surface area contributed by atoms with Gasteiger partial charge < -0.3 is 19.1 Å². The highest BCUT2D eigenvalue weighted by Gasteiger charge is 2.27. The summed E-state index contributed by atoms with van der Waals surface area (Å²) in [6.45, 7) is 7.80. The number of aromatic nitrogens is 1. The van der Waals surface area contributed by atoms with Gasteiger partial charge in [0.15, 0.2) is 5.75 Å². The van der Waals surface area contributed by atoms with E-state index in [0.29, 0.717) is 22.6 Å². The third-order valence-electron chi connectivity index (χ3n) is 6.31. The highest BCUT2D eigenvalue weighted by molar-refractivity contribution is 7.22. The first kappa shape index (κ1) is 24.0. The van der Waals surface area contributed by atoms with E-state index in [2.05, 4.69) is 18.7 Å². The lowest BCUT2D eigenvalue weighted by atomic mass is 10.1. The molecule has 1 amide bonds. The third-order valence-corrected chi connectivity index (χ3v) is 7.50. The maximum absolute atomic E-state index is 13.6. The first-order chi connectivity index (χ1) is 16.5. The standard InChI is InChI=1S/C27H31N3O3S/c1-5-30(6-2)17-16-28(3)27(32)25-23(33-18-19-12-8-7-9-13-19)22-24(34-25)20-14-10-11-15-21(20)29(4)26(22)31/h7-15H,5-6,16-18H2,1-4H3. The SMILES string of the molecule is CCN(CC)CCN(C)C(=O)c1sc2c(c1OCc1ccccc1)c(=O)n(C)c1ccccc21. The summed E-state index contributed by atoms with van der Waals surface area (Å²) in [6.07, 6.45) is 0. The summed E-state index contributed by atoms with van der Waals surface area (Å²) < 4.78 is 8.67. The van der Waals surface area contributed by atoms with Gasteiger partial charge in [0, 0.05) is 32.6 Å². The Morgan fingerprint density at radius 1 is 1.00 bits per heavy atom. The van der Waals surface area contributed by atoms with E-state index in [0.717, 1.165) is 40.8 Å². The van der Waals surface area contributed by atoms with Gasteiger partial charge in [-0.15, -0.1) is 11.3 Å². The zero-order valence-corrected chi connectivity index (χ0v) is 21.0. The second kappa shape index (κ2) is 10.4. The number of carbonyl (C=O) groups excluding carboxylic acids is 1. The molecule has 34 heavy (non-hydrogen) atoms. The van der Waals surface area contributed by atoms with E-state index in [1.807, 2.05) is 61.6 Å². The van der Waals surface area contributed by atoms with Crippen molar-refractivity contribution in [3.8, 4) is 5.75 Å². The molecule has 6 nitrogen and oxygen atoms in total. The molecule has 0 aliphatic rings. The monoisotopic (exact) mass is 477 g/mol. The highest BCUT2D eigenvalue weighted by atomic mass is 32.1. The van der Waals surface area contributed by atoms with E-state index in [4.69, 9.17) is 4.74 Å². The van der Waals surface area contributed by atoms with Gasteiger partial charge >= 0.3 is 0 Å². The summed E-state index contributed by atoms with van der Waals surface area (Å²) in [6, 6.07) is 17.6. The van der Waals surface area contributed by atoms with Crippen LogP contribution in [-0.4, -0.2) is 53.5 Å². The lowest BCUT2D eigenvalue weighted by Crippen LogP contribution is -2.36. The van der Waals surface area contributed by atoms with Crippen LogP contribution in [0.2, 0.25) is 0 Å². The molecule has 0 aliphatic carbocycles. The molecule has 0 spiro atoms. The zero-order chi connectivity index (χ0) is 24.2. The Morgan fingerprint density at radius 3 is 2.38 bits per heavy atom. The number of aryl methyl sites for hydroxylation is 1. The fraction of sp³-hybridized carbons (Fsp3) is 0.333. The van der Waals surface area contributed by atoms with Gasteiger partial charge in [-0.2, -0.15) is 0 Å². The average molecular weight is 478 g/mol. The second-order valence-electron chi connectivity index (χ2n) is 8.37. The number of benzene rings is 2. The maximum Gasteiger partial charge on any atom is 0.267 e. The van der Waals surface area contributed by atoms with Gasteiger partial charge in [-0.3, -0.25) is 9.59 Å². The number of likely N-dealkylation sites (N-methyl/N-ethyl adjacent to an activating group) is 2. The van der Waals surface area contributed by atoms with E-state index in [9.17, 15) is 9.59 Å². The second-order valence-corrected chi connectivity index (χ2v) is 9.39. The highest BCUT2D eigenvalue weighted by Crippen LogP contribution is 2.40. The molecule has 0 bridgehead atoms. The molecule has 0 radical (unpaired) electrons. The summed E-state index contributed by atoms with van der Waals surface area (Å²) in [5.74, 6) is 0.262. The minimum atomic E-state index is -0.155. The molecule has 0 N–H and O–H groups in total. The molecule has 2 aromatic carbocycles. The van der Waals surface area contributed by atoms with Crippen molar-refractivity contribution in [3.63, 3.8) is 0 Å². The van der Waals surface area contributed by atoms with Gasteiger partial charge in [0.05, 0.1) is 10.2 Å². The smallest absolute Gasteiger partial charge is 0.267 e. The first-order valence-corrected chi connectivity index (χ1v) is 12.5. The molecule has 178 valence electrons. The van der Waals surface area contributed by atoms with Crippen LogP contribution in [0, 0.1) is 0 Å². The van der Waals surface area contributed by atoms with Crippen molar-refractivity contribution in [1.82, 2.24) is 14.4 Å². The number of hydrogen-bond acceptors (Lipinski definition) is 5. The van der Waals surface area contributed by atoms with Crippen LogP contribution in [0.4, 0.5) is 0 Å². The Hall–Kier alpha value is -3.16. The van der Waals surface area contributed by atoms with Crippen LogP contribution in [0.5, 0.6) is 5.75 Å². The van der Waals surface area contributed by atoms with Crippen molar-refractivity contribution < 1.29 is 9.53 Å². The molecule has 4 rings (SSSR count). The topological polar surface area (TPSA) is 54.8 Å². The molecule has 0 saturated heterocycles. The number of amides is 1. The van der Waals surface area contributed by atoms with Crippen molar-refractivity contribution in [2.75, 3.05) is 33.2 Å². The van der Waals surface area contributed by atoms with Crippen LogP contribution in [0.15, 0.2) is 59.4 Å². The fourth-order valence-electron chi connectivity index (χ4n) is 4.15. The lowest BCUT2D eigenvalue weighted by molar-refractivity contribution is 0.0780. The van der Waals surface area contributed by atoms with Crippen molar-refractivity contribution in [2.45, 2.75) is 20.5 Å². The minimum absolute atomic E-state index is 0.123. The number of para-hydroxylation sites is 1. The van der Waals surface area contributed by atoms with Crippen LogP contribution >= 0.6 is 11.3 Å². The van der Waals surface area contributed by atoms with E-state index in [-0.39, 0.29) is 18.1 Å². The number of rotatable bonds is 9. The normalized spacial score (nSPS) is 11.4. The molecule has 0 atom stereocenters. The third kappa shape index (κ3) is 4.58. The molecular formula is C27H31N3O3S. The number of pyridine rings is 1. The van der Waals surface area contributed by atoms with Gasteiger partial charge in [0.1, 0.15) is 16.9 Å². The Morgan fingerprint density at radius 2 is 1.68 bits per heavy atom. The van der Waals surface area contributed by atoms with Crippen molar-refractivity contribution >= 4 is 38.2 Å². The van der Waals surface area contributed by atoms with E-state index in [1.54, 1.807) is 16.5 Å². The molecule has 4 aromatic rings. The van der Waals surface area contributed by atoms with E-state index < -0.39 is 0 Å². The van der Waals surface area contributed by atoms with Gasteiger partial charge in [0.25, 0.3) is 11.5 Å². The number of fused-ring (bicyclic) bond motifs is 3. The molecule has 7 heteroatoms. The Balaban J connectivity index is 1.81. The van der Waals surface area contributed by atoms with Crippen LogP contribution < -0.4 is 10.3 Å². The van der Waals surface area contributed by atoms with Crippen molar-refractivity contribution in [3.05, 3.63) is 75.4 Å². The van der Waals surface area contributed by atoms with Crippen molar-refractivity contribution in [1.29, 1.82) is 0 Å². The number of carbonyl (C=O) groups is 1. The number of hydrogen-bond donors (Lipinski definition) is 0. The molecule has 0 saturated carbocycles. The summed E-state index contributed by atoms with van der Waals surface area (Å²) >= 11 is 1.35. The summed E-state index contributed by atoms with van der Waals surface area (Å²) in [4.78, 5) is 31.5. The van der Waals surface area contributed by atoms with Crippen molar-refractivity contribution in [2.24, 2.45) is 7.05 Å². The summed E-state index contributed by atoms with van der Waals surface area (Å²) in [5, 5.41) is 1.42. The summed E-state index contributed by atoms with van der Waals surface area (Å²) in [5.41, 5.74) is 1.66. The predicted octanol–water partition coefficient (Wildman–Crippen LogP) is 4.75. The van der Waals surface area contributed by atoms with E-state index in [1.165, 1.54) is 11.3 Å². The van der Waals surface area contributed by atoms with Crippen LogP contribution in [0.1, 0.15) is 29.1 Å². The van der Waals surface area contributed by atoms with Crippen LogP contribution in [0.25, 0.3) is 21.0 Å². The lowest BCUT2D eigenvalue weighted by Gasteiger charge is -2.23. The predicted molar refractivity (Wildman–Crippen MR) is 140 cm³/mol. The van der Waals surface area contributed by atoms with Gasteiger partial charge in [-0.25, -0.2) is 0 Å². The number of nitrogens with zero attached hydrogens (tertiary/aromatic N) is 3. The Bertz CT molecular complexity index is 1360. The maximum atomic E-state index is 13.6. The van der Waals surface area contributed by atoms with Gasteiger partial charge in [0.2, 0.25) is 0 Å². The van der Waals surface area contributed by atoms with Crippen LogP contribution in [-0.2, 0) is 13.7 Å². The van der Waals surface area contributed by atoms with Gasteiger partial charge in [-0.1, -0.05) is 62.4 Å². The Labute approximate surface area is 204 Å². The number of ether oxygens (including phenoxy) is 1. The average Bonchev–Trinajstić information content (AvgIpc) is 3.26. The zero-order valence-electron chi connectivity index (χ0n) is 20.2. The molecule has 2 heterocycles. The Kier molecular flexibility index (Phi) is 7.34. The molecular weight excluding hydrogens is 446 g/mol. The molecule has 0 fully saturated rings. The fourth-order valence-corrected chi connectivity index (χ4v) is 5.42. The van der Waals surface area contributed by atoms with E-state index >= 15 is 0 Å². The first-order valence-electron chi connectivity index (χ1n) is 11.6. The summed E-state index contributed by atoms with van der Waals surface area (Å²) in [7, 11) is 3.58. The minimum Gasteiger partial charge on any atom is -0.486 e. The van der Waals surface area contributed by atoms with Crippen LogP contribution in [0.3, 0.4) is 0 Å². The molecule has 2 aromatic heterocycles. The quantitative estimate of drug-likeness (QED) is 0.349. The number of thiophene rings is 1. The molecule has 0 unspecified atom stereocenters. The molecule has 0 aliphatic heterocycles.